The number of carbonyl (C=O) groups excluding carboxylic acids is 1. The van der Waals surface area contributed by atoms with Crippen molar-refractivity contribution < 1.29 is 14.7 Å². The molecule has 0 aromatic rings. The molecule has 21 heavy (non-hydrogen) atoms. The van der Waals surface area contributed by atoms with Gasteiger partial charge in [0.2, 0.25) is 0 Å². The summed E-state index contributed by atoms with van der Waals surface area (Å²) in [6.45, 7) is 13.0. The quantitative estimate of drug-likeness (QED) is 0.612. The summed E-state index contributed by atoms with van der Waals surface area (Å²) in [5.74, 6) is 0.553. The van der Waals surface area contributed by atoms with Gasteiger partial charge in [0.1, 0.15) is 0 Å². The van der Waals surface area contributed by atoms with Crippen LogP contribution in [-0.2, 0) is 4.79 Å². The molecule has 0 spiro atoms. The van der Waals surface area contributed by atoms with Crippen LogP contribution in [0.15, 0.2) is 0 Å². The van der Waals surface area contributed by atoms with E-state index >= 15 is 0 Å². The van der Waals surface area contributed by atoms with Crippen molar-refractivity contribution >= 4 is 12.0 Å². The van der Waals surface area contributed by atoms with Crippen molar-refractivity contribution in [3.05, 3.63) is 0 Å². The molecule has 0 aliphatic heterocycles. The van der Waals surface area contributed by atoms with E-state index in [2.05, 4.69) is 38.3 Å². The molecule has 0 aromatic carbocycles. The highest BCUT2D eigenvalue weighted by molar-refractivity contribution is 5.78. The molecular formula is C16H32N2O3. The third-order valence-corrected chi connectivity index (χ3v) is 4.61. The second kappa shape index (κ2) is 8.90. The molecule has 2 amide bonds. The van der Waals surface area contributed by atoms with Gasteiger partial charge in [-0.3, -0.25) is 4.79 Å². The Kier molecular flexibility index (Phi) is 8.37. The molecule has 0 atom stereocenters. The fourth-order valence-electron chi connectivity index (χ4n) is 2.64. The summed E-state index contributed by atoms with van der Waals surface area (Å²) in [5, 5.41) is 14.9. The second-order valence-corrected chi connectivity index (χ2v) is 6.51. The minimum Gasteiger partial charge on any atom is -0.481 e. The van der Waals surface area contributed by atoms with Crippen LogP contribution in [0, 0.1) is 23.2 Å². The number of carboxylic acid groups (broad SMARTS) is 1. The molecular weight excluding hydrogens is 268 g/mol. The third kappa shape index (κ3) is 5.94. The van der Waals surface area contributed by atoms with Gasteiger partial charge in [-0.2, -0.15) is 0 Å². The van der Waals surface area contributed by atoms with Gasteiger partial charge in [0, 0.05) is 13.1 Å². The molecule has 0 aliphatic rings. The SMILES string of the molecule is CCC(CC)(CNC(=O)NCC(C(C)C)C(C)C)C(=O)O. The highest BCUT2D eigenvalue weighted by atomic mass is 16.4. The fraction of sp³-hybridized carbons (Fsp3) is 0.875. The Labute approximate surface area is 128 Å². The van der Waals surface area contributed by atoms with Crippen LogP contribution in [0.25, 0.3) is 0 Å². The van der Waals surface area contributed by atoms with Crippen molar-refractivity contribution in [2.45, 2.75) is 54.4 Å². The lowest BCUT2D eigenvalue weighted by Crippen LogP contribution is -2.47. The number of amides is 2. The molecule has 0 unspecified atom stereocenters. The normalized spacial score (nSPS) is 12.0. The van der Waals surface area contributed by atoms with Gasteiger partial charge in [0.25, 0.3) is 0 Å². The van der Waals surface area contributed by atoms with Crippen LogP contribution < -0.4 is 10.6 Å². The molecule has 0 saturated carbocycles. The number of urea groups is 1. The summed E-state index contributed by atoms with van der Waals surface area (Å²) >= 11 is 0. The van der Waals surface area contributed by atoms with E-state index in [9.17, 15) is 14.7 Å². The van der Waals surface area contributed by atoms with Crippen LogP contribution in [-0.4, -0.2) is 30.2 Å². The summed E-state index contributed by atoms with van der Waals surface area (Å²) in [6.07, 6.45) is 0.999. The van der Waals surface area contributed by atoms with Gasteiger partial charge in [-0.15, -0.1) is 0 Å². The predicted molar refractivity (Wildman–Crippen MR) is 85.2 cm³/mol. The second-order valence-electron chi connectivity index (χ2n) is 6.51. The molecule has 0 heterocycles. The van der Waals surface area contributed by atoms with Gasteiger partial charge < -0.3 is 15.7 Å². The van der Waals surface area contributed by atoms with E-state index in [0.29, 0.717) is 37.1 Å². The summed E-state index contributed by atoms with van der Waals surface area (Å²) in [7, 11) is 0. The first kappa shape index (κ1) is 19.7. The van der Waals surface area contributed by atoms with Crippen LogP contribution in [0.1, 0.15) is 54.4 Å². The maximum absolute atomic E-state index is 11.9. The summed E-state index contributed by atoms with van der Waals surface area (Å²) < 4.78 is 0. The van der Waals surface area contributed by atoms with Gasteiger partial charge in [0.05, 0.1) is 5.41 Å². The van der Waals surface area contributed by atoms with E-state index < -0.39 is 11.4 Å². The minimum atomic E-state index is -0.868. The van der Waals surface area contributed by atoms with Crippen molar-refractivity contribution in [3.63, 3.8) is 0 Å². The van der Waals surface area contributed by atoms with Gasteiger partial charge in [-0.05, 0) is 30.6 Å². The monoisotopic (exact) mass is 300 g/mol. The zero-order valence-electron chi connectivity index (χ0n) is 14.3. The van der Waals surface area contributed by atoms with E-state index in [1.807, 2.05) is 13.8 Å². The fourth-order valence-corrected chi connectivity index (χ4v) is 2.64. The van der Waals surface area contributed by atoms with E-state index in [0.717, 1.165) is 0 Å². The van der Waals surface area contributed by atoms with Crippen molar-refractivity contribution in [1.82, 2.24) is 10.6 Å². The molecule has 0 aromatic heterocycles. The highest BCUT2D eigenvalue weighted by Crippen LogP contribution is 2.25. The van der Waals surface area contributed by atoms with Gasteiger partial charge >= 0.3 is 12.0 Å². The Morgan fingerprint density at radius 2 is 1.48 bits per heavy atom. The number of hydrogen-bond donors (Lipinski definition) is 3. The van der Waals surface area contributed by atoms with Crippen LogP contribution in [0.4, 0.5) is 4.79 Å². The molecule has 0 fully saturated rings. The average Bonchev–Trinajstić information content (AvgIpc) is 2.39. The standard InChI is InChI=1S/C16H32N2O3/c1-7-16(8-2,14(19)20)10-18-15(21)17-9-13(11(3)4)12(5)6/h11-13H,7-10H2,1-6H3,(H,19,20)(H2,17,18,21). The number of hydrogen-bond acceptors (Lipinski definition) is 2. The molecule has 0 saturated heterocycles. The van der Waals surface area contributed by atoms with Crippen LogP contribution >= 0.6 is 0 Å². The van der Waals surface area contributed by atoms with Gasteiger partial charge in [-0.25, -0.2) is 4.79 Å². The molecule has 0 rings (SSSR count). The average molecular weight is 300 g/mol. The summed E-state index contributed by atoms with van der Waals surface area (Å²) in [5.41, 5.74) is -0.868. The predicted octanol–water partition coefficient (Wildman–Crippen LogP) is 3.10. The van der Waals surface area contributed by atoms with E-state index in [-0.39, 0.29) is 12.6 Å². The number of rotatable bonds is 9. The Bertz CT molecular complexity index is 328. The smallest absolute Gasteiger partial charge is 0.314 e. The maximum Gasteiger partial charge on any atom is 0.314 e. The Morgan fingerprint density at radius 3 is 1.81 bits per heavy atom. The van der Waals surface area contributed by atoms with E-state index in [1.165, 1.54) is 0 Å². The summed E-state index contributed by atoms with van der Waals surface area (Å²) in [4.78, 5) is 23.2. The van der Waals surface area contributed by atoms with E-state index in [1.54, 1.807) is 0 Å². The number of carbonyl (C=O) groups is 2. The van der Waals surface area contributed by atoms with Crippen LogP contribution in [0.2, 0.25) is 0 Å². The first-order valence-electron chi connectivity index (χ1n) is 7.95. The molecule has 3 N–H and O–H groups in total. The Hall–Kier alpha value is -1.26. The zero-order valence-corrected chi connectivity index (χ0v) is 14.3. The molecule has 0 bridgehead atoms. The third-order valence-electron chi connectivity index (χ3n) is 4.61. The van der Waals surface area contributed by atoms with Gasteiger partial charge in [-0.1, -0.05) is 41.5 Å². The number of aliphatic carboxylic acids is 1. The lowest BCUT2D eigenvalue weighted by molar-refractivity contribution is -0.149. The topological polar surface area (TPSA) is 78.4 Å². The van der Waals surface area contributed by atoms with E-state index in [4.69, 9.17) is 0 Å². The van der Waals surface area contributed by atoms with Crippen LogP contribution in [0.3, 0.4) is 0 Å². The zero-order chi connectivity index (χ0) is 16.6. The molecule has 5 heteroatoms. The highest BCUT2D eigenvalue weighted by Gasteiger charge is 2.35. The van der Waals surface area contributed by atoms with Crippen molar-refractivity contribution in [2.24, 2.45) is 23.2 Å². The molecule has 5 nitrogen and oxygen atoms in total. The maximum atomic E-state index is 11.9. The lowest BCUT2D eigenvalue weighted by Gasteiger charge is -2.28. The van der Waals surface area contributed by atoms with Crippen LogP contribution in [0.5, 0.6) is 0 Å². The molecule has 124 valence electrons. The first-order chi connectivity index (χ1) is 9.70. The largest absolute Gasteiger partial charge is 0.481 e. The minimum absolute atomic E-state index is 0.162. The van der Waals surface area contributed by atoms with Gasteiger partial charge in [0.15, 0.2) is 0 Å². The van der Waals surface area contributed by atoms with Crippen molar-refractivity contribution in [2.75, 3.05) is 13.1 Å². The Morgan fingerprint density at radius 1 is 1.00 bits per heavy atom. The van der Waals surface area contributed by atoms with Crippen molar-refractivity contribution in [1.29, 1.82) is 0 Å². The molecule has 0 aliphatic carbocycles. The number of carboxylic acids is 1. The number of nitrogens with one attached hydrogen (secondary N) is 2. The molecule has 0 radical (unpaired) electrons. The Balaban J connectivity index is 4.41. The lowest BCUT2D eigenvalue weighted by atomic mass is 9.82. The summed E-state index contributed by atoms with van der Waals surface area (Å²) in [6, 6.07) is -0.283. The first-order valence-corrected chi connectivity index (χ1v) is 7.95. The van der Waals surface area contributed by atoms with Crippen molar-refractivity contribution in [3.8, 4) is 0 Å².